The minimum atomic E-state index is 0.137. The number of aromatic nitrogens is 2. The number of hydrogen-bond donors (Lipinski definition) is 1. The Morgan fingerprint density at radius 1 is 1.03 bits per heavy atom. The smallest absolute Gasteiger partial charge is 0.142 e. The predicted octanol–water partition coefficient (Wildman–Crippen LogP) is 8.93. The van der Waals surface area contributed by atoms with Gasteiger partial charge in [-0.1, -0.05) is 45.8 Å². The second-order valence-electron chi connectivity index (χ2n) is 10.1. The van der Waals surface area contributed by atoms with Gasteiger partial charge in [-0.3, -0.25) is 0 Å². The van der Waals surface area contributed by atoms with Gasteiger partial charge in [0.15, 0.2) is 0 Å². The van der Waals surface area contributed by atoms with Crippen molar-refractivity contribution in [2.75, 3.05) is 0 Å². The van der Waals surface area contributed by atoms with Crippen LogP contribution in [0.5, 0.6) is 0 Å². The van der Waals surface area contributed by atoms with Gasteiger partial charge < -0.3 is 9.51 Å². The highest BCUT2D eigenvalue weighted by Crippen LogP contribution is 2.41. The zero-order valence-corrected chi connectivity index (χ0v) is 21.7. The molecule has 0 atom stereocenters. The first-order chi connectivity index (χ1) is 15.7. The standard InChI is InChI=1S/C28H30N2OS2/c1-16(2)24-15-20(27(33-24)19-7-8-21-18(13-19)11-12-29-21)14-22-26(17(3)31-30-22)23-9-10-25(32-23)28(4,5)6/h7-13,15-16,29H,14H2,1-6H3. The van der Waals surface area contributed by atoms with E-state index in [4.69, 9.17) is 4.52 Å². The fraction of sp³-hybridized carbons (Fsp3) is 0.321. The lowest BCUT2D eigenvalue weighted by Crippen LogP contribution is -2.07. The van der Waals surface area contributed by atoms with E-state index in [0.717, 1.165) is 23.4 Å². The number of nitrogens with one attached hydrogen (secondary N) is 1. The van der Waals surface area contributed by atoms with Gasteiger partial charge in [0.05, 0.1) is 11.3 Å². The summed E-state index contributed by atoms with van der Waals surface area (Å²) in [6, 6.07) is 15.7. The van der Waals surface area contributed by atoms with Crippen LogP contribution in [0.25, 0.3) is 31.8 Å². The predicted molar refractivity (Wildman–Crippen MR) is 142 cm³/mol. The van der Waals surface area contributed by atoms with Crippen LogP contribution in [0.3, 0.4) is 0 Å². The molecule has 0 saturated carbocycles. The number of thiophene rings is 2. The molecule has 0 aliphatic rings. The molecule has 0 radical (unpaired) electrons. The van der Waals surface area contributed by atoms with Gasteiger partial charge in [0, 0.05) is 37.6 Å². The molecule has 1 N–H and O–H groups in total. The van der Waals surface area contributed by atoms with Gasteiger partial charge in [-0.2, -0.15) is 0 Å². The van der Waals surface area contributed by atoms with Crippen LogP contribution in [-0.4, -0.2) is 10.1 Å². The molecule has 0 spiro atoms. The maximum absolute atomic E-state index is 5.72. The maximum Gasteiger partial charge on any atom is 0.142 e. The summed E-state index contributed by atoms with van der Waals surface area (Å²) in [5.74, 6) is 1.38. The highest BCUT2D eigenvalue weighted by Gasteiger charge is 2.23. The Kier molecular flexibility index (Phi) is 5.58. The topological polar surface area (TPSA) is 41.8 Å². The molecule has 0 amide bonds. The van der Waals surface area contributed by atoms with Crippen molar-refractivity contribution in [1.29, 1.82) is 0 Å². The third-order valence-corrected chi connectivity index (χ3v) is 9.15. The molecule has 0 bridgehead atoms. The van der Waals surface area contributed by atoms with Crippen molar-refractivity contribution in [2.24, 2.45) is 0 Å². The van der Waals surface area contributed by atoms with Gasteiger partial charge in [0.25, 0.3) is 0 Å². The molecule has 1 aromatic carbocycles. The lowest BCUT2D eigenvalue weighted by Gasteiger charge is -2.15. The molecule has 4 aromatic heterocycles. The molecule has 0 aliphatic heterocycles. The summed E-state index contributed by atoms with van der Waals surface area (Å²) >= 11 is 3.75. The maximum atomic E-state index is 5.72. The van der Waals surface area contributed by atoms with Crippen molar-refractivity contribution < 1.29 is 4.52 Å². The lowest BCUT2D eigenvalue weighted by atomic mass is 9.95. The van der Waals surface area contributed by atoms with Gasteiger partial charge >= 0.3 is 0 Å². The van der Waals surface area contributed by atoms with Crippen LogP contribution in [0.2, 0.25) is 0 Å². The highest BCUT2D eigenvalue weighted by molar-refractivity contribution is 7.16. The molecule has 0 fully saturated rings. The first kappa shape index (κ1) is 22.2. The minimum absolute atomic E-state index is 0.137. The minimum Gasteiger partial charge on any atom is -0.361 e. The Bertz CT molecular complexity index is 1420. The average molecular weight is 475 g/mol. The van der Waals surface area contributed by atoms with Crippen LogP contribution in [0.15, 0.2) is 53.2 Å². The molecule has 5 heteroatoms. The quantitative estimate of drug-likeness (QED) is 0.276. The first-order valence-corrected chi connectivity index (χ1v) is 13.1. The fourth-order valence-corrected chi connectivity index (χ4v) is 6.57. The Labute approximate surface area is 203 Å². The van der Waals surface area contributed by atoms with Crippen molar-refractivity contribution in [1.82, 2.24) is 10.1 Å². The summed E-state index contributed by atoms with van der Waals surface area (Å²) in [6.45, 7) is 13.3. The van der Waals surface area contributed by atoms with E-state index in [-0.39, 0.29) is 5.41 Å². The van der Waals surface area contributed by atoms with Gasteiger partial charge in [-0.05, 0) is 71.2 Å². The first-order valence-electron chi connectivity index (χ1n) is 11.5. The number of rotatable bonds is 5. The number of nitrogens with zero attached hydrogens (tertiary/aromatic N) is 1. The molecule has 3 nitrogen and oxygen atoms in total. The fourth-order valence-electron chi connectivity index (χ4n) is 4.21. The van der Waals surface area contributed by atoms with E-state index in [2.05, 4.69) is 87.2 Å². The summed E-state index contributed by atoms with van der Waals surface area (Å²) in [5.41, 5.74) is 6.06. The van der Waals surface area contributed by atoms with E-state index in [0.29, 0.717) is 5.92 Å². The van der Waals surface area contributed by atoms with Crippen LogP contribution in [0.4, 0.5) is 0 Å². The van der Waals surface area contributed by atoms with Gasteiger partial charge in [0.2, 0.25) is 0 Å². The summed E-state index contributed by atoms with van der Waals surface area (Å²) in [7, 11) is 0. The van der Waals surface area contributed by atoms with Gasteiger partial charge in [-0.15, -0.1) is 22.7 Å². The Morgan fingerprint density at radius 2 is 1.85 bits per heavy atom. The number of fused-ring (bicyclic) bond motifs is 1. The number of hydrogen-bond acceptors (Lipinski definition) is 4. The number of H-pyrrole nitrogens is 1. The van der Waals surface area contributed by atoms with Crippen LogP contribution >= 0.6 is 22.7 Å². The highest BCUT2D eigenvalue weighted by atomic mass is 32.1. The summed E-state index contributed by atoms with van der Waals surface area (Å²) < 4.78 is 5.72. The molecular weight excluding hydrogens is 444 g/mol. The summed E-state index contributed by atoms with van der Waals surface area (Å²) in [6.07, 6.45) is 2.76. The Hall–Kier alpha value is -2.63. The molecule has 170 valence electrons. The molecule has 5 aromatic rings. The Morgan fingerprint density at radius 3 is 2.58 bits per heavy atom. The van der Waals surface area contributed by atoms with Gasteiger partial charge in [-0.25, -0.2) is 0 Å². The zero-order chi connectivity index (χ0) is 23.3. The van der Waals surface area contributed by atoms with Crippen LogP contribution in [0.1, 0.15) is 67.3 Å². The SMILES string of the molecule is Cc1onc(Cc2cc(C(C)C)sc2-c2ccc3[nH]ccc3c2)c1-c1ccc(C(C)(C)C)s1. The molecule has 0 saturated heterocycles. The summed E-state index contributed by atoms with van der Waals surface area (Å²) in [4.78, 5) is 8.65. The molecule has 33 heavy (non-hydrogen) atoms. The third-order valence-electron chi connectivity index (χ3n) is 6.10. The second kappa shape index (κ2) is 8.30. The van der Waals surface area contributed by atoms with E-state index in [1.54, 1.807) is 0 Å². The van der Waals surface area contributed by atoms with Gasteiger partial charge in [0.1, 0.15) is 5.76 Å². The van der Waals surface area contributed by atoms with Crippen LogP contribution in [0, 0.1) is 6.92 Å². The normalized spacial score (nSPS) is 12.3. The zero-order valence-electron chi connectivity index (χ0n) is 20.1. The average Bonchev–Trinajstić information content (AvgIpc) is 3.53. The Balaban J connectivity index is 1.57. The number of benzene rings is 1. The van der Waals surface area contributed by atoms with Crippen molar-refractivity contribution in [3.05, 3.63) is 75.4 Å². The third kappa shape index (κ3) is 4.20. The van der Waals surface area contributed by atoms with E-state index in [1.165, 1.54) is 41.5 Å². The molecular formula is C28H30N2OS2. The second-order valence-corrected chi connectivity index (χ2v) is 12.3. The molecule has 0 aliphatic carbocycles. The lowest BCUT2D eigenvalue weighted by molar-refractivity contribution is 0.392. The van der Waals surface area contributed by atoms with Crippen LogP contribution in [-0.2, 0) is 11.8 Å². The molecule has 0 unspecified atom stereocenters. The van der Waals surface area contributed by atoms with E-state index >= 15 is 0 Å². The number of aromatic amines is 1. The van der Waals surface area contributed by atoms with E-state index < -0.39 is 0 Å². The van der Waals surface area contributed by atoms with Crippen molar-refractivity contribution >= 4 is 33.6 Å². The monoisotopic (exact) mass is 474 g/mol. The van der Waals surface area contributed by atoms with E-state index in [1.807, 2.05) is 35.8 Å². The molecule has 5 rings (SSSR count). The summed E-state index contributed by atoms with van der Waals surface area (Å²) in [5, 5.41) is 5.76. The number of aryl methyl sites for hydroxylation is 1. The van der Waals surface area contributed by atoms with E-state index in [9.17, 15) is 0 Å². The molecule has 4 heterocycles. The van der Waals surface area contributed by atoms with Crippen molar-refractivity contribution in [3.8, 4) is 20.9 Å². The van der Waals surface area contributed by atoms with Crippen molar-refractivity contribution in [2.45, 2.75) is 59.3 Å². The largest absolute Gasteiger partial charge is 0.361 e. The van der Waals surface area contributed by atoms with Crippen molar-refractivity contribution in [3.63, 3.8) is 0 Å². The van der Waals surface area contributed by atoms with Crippen LogP contribution < -0.4 is 0 Å².